The van der Waals surface area contributed by atoms with Gasteiger partial charge in [-0.05, 0) is 23.3 Å². The number of hydrogen-bond acceptors (Lipinski definition) is 4. The number of halogens is 1. The van der Waals surface area contributed by atoms with Crippen LogP contribution in [-0.4, -0.2) is 21.7 Å². The van der Waals surface area contributed by atoms with Gasteiger partial charge in [-0.2, -0.15) is 0 Å². The Labute approximate surface area is 170 Å². The quantitative estimate of drug-likeness (QED) is 0.529. The summed E-state index contributed by atoms with van der Waals surface area (Å²) >= 11 is 0. The first-order valence-corrected chi connectivity index (χ1v) is 9.04. The van der Waals surface area contributed by atoms with E-state index in [1.54, 1.807) is 6.20 Å². The Balaban J connectivity index is 0.00000225. The van der Waals surface area contributed by atoms with E-state index >= 15 is 0 Å². The number of rotatable bonds is 5. The molecule has 0 amide bonds. The highest BCUT2D eigenvalue weighted by Gasteiger charge is 2.13. The molecule has 4 rings (SSSR count). The summed E-state index contributed by atoms with van der Waals surface area (Å²) in [5.41, 5.74) is 12.7. The number of nitrogens with zero attached hydrogens (tertiary/aromatic N) is 2. The minimum Gasteiger partial charge on any atom is -0.396 e. The molecule has 2 heterocycles. The van der Waals surface area contributed by atoms with Crippen molar-refractivity contribution in [2.24, 2.45) is 5.73 Å². The molecule has 0 aliphatic heterocycles. The number of aliphatic hydroxyl groups is 1. The van der Waals surface area contributed by atoms with Crippen molar-refractivity contribution in [1.29, 1.82) is 0 Å². The zero-order valence-corrected chi connectivity index (χ0v) is 16.2. The highest BCUT2D eigenvalue weighted by atomic mass is 35.5. The minimum absolute atomic E-state index is 0. The third-order valence-electron chi connectivity index (χ3n) is 4.72. The Morgan fingerprint density at radius 2 is 1.64 bits per heavy atom. The van der Waals surface area contributed by atoms with Crippen LogP contribution < -0.4 is 5.73 Å². The van der Waals surface area contributed by atoms with Crippen molar-refractivity contribution in [3.05, 3.63) is 84.2 Å². The van der Waals surface area contributed by atoms with Crippen LogP contribution in [0.1, 0.15) is 11.3 Å². The van der Waals surface area contributed by atoms with Crippen LogP contribution in [0, 0.1) is 0 Å². The lowest BCUT2D eigenvalue weighted by molar-refractivity contribution is 0.298. The lowest BCUT2D eigenvalue weighted by Gasteiger charge is -2.13. The summed E-state index contributed by atoms with van der Waals surface area (Å²) < 4.78 is 0. The average Bonchev–Trinajstić information content (AvgIpc) is 2.74. The number of benzene rings is 2. The van der Waals surface area contributed by atoms with E-state index in [0.29, 0.717) is 13.0 Å². The van der Waals surface area contributed by atoms with Gasteiger partial charge in [-0.15, -0.1) is 12.4 Å². The molecule has 142 valence electrons. The molecule has 0 atom stereocenters. The van der Waals surface area contributed by atoms with E-state index in [2.05, 4.69) is 35.3 Å². The van der Waals surface area contributed by atoms with Crippen molar-refractivity contribution in [2.45, 2.75) is 13.0 Å². The molecule has 2 aromatic carbocycles. The predicted molar refractivity (Wildman–Crippen MR) is 116 cm³/mol. The summed E-state index contributed by atoms with van der Waals surface area (Å²) in [5, 5.41) is 10.4. The van der Waals surface area contributed by atoms with Gasteiger partial charge < -0.3 is 10.8 Å². The molecule has 5 heteroatoms. The minimum atomic E-state index is 0. The second-order valence-corrected chi connectivity index (χ2v) is 6.45. The fourth-order valence-corrected chi connectivity index (χ4v) is 3.31. The van der Waals surface area contributed by atoms with Crippen molar-refractivity contribution in [3.63, 3.8) is 0 Å². The SMILES string of the molecule is Cl.NCc1ccc(-c2nc3ccnc(CCO)c3cc2-c2ccccc2)cc1. The topological polar surface area (TPSA) is 72.0 Å². The van der Waals surface area contributed by atoms with Crippen LogP contribution in [0.3, 0.4) is 0 Å². The Bertz CT molecular complexity index is 1070. The summed E-state index contributed by atoms with van der Waals surface area (Å²) in [5.74, 6) is 0. The summed E-state index contributed by atoms with van der Waals surface area (Å²) in [7, 11) is 0. The van der Waals surface area contributed by atoms with Crippen molar-refractivity contribution in [3.8, 4) is 22.4 Å². The van der Waals surface area contributed by atoms with E-state index in [9.17, 15) is 5.11 Å². The van der Waals surface area contributed by atoms with Crippen molar-refractivity contribution >= 4 is 23.3 Å². The highest BCUT2D eigenvalue weighted by molar-refractivity contribution is 5.92. The second kappa shape index (κ2) is 8.93. The normalized spacial score (nSPS) is 10.6. The Kier molecular flexibility index (Phi) is 6.37. The number of aromatic nitrogens is 2. The molecule has 2 aromatic heterocycles. The maximum atomic E-state index is 9.38. The summed E-state index contributed by atoms with van der Waals surface area (Å²) in [6.07, 6.45) is 2.27. The monoisotopic (exact) mass is 391 g/mol. The van der Waals surface area contributed by atoms with Crippen molar-refractivity contribution in [2.75, 3.05) is 6.61 Å². The largest absolute Gasteiger partial charge is 0.396 e. The number of hydrogen-bond donors (Lipinski definition) is 2. The van der Waals surface area contributed by atoms with Crippen LogP contribution in [0.4, 0.5) is 0 Å². The zero-order chi connectivity index (χ0) is 18.6. The van der Waals surface area contributed by atoms with E-state index in [0.717, 1.165) is 44.5 Å². The molecular weight excluding hydrogens is 370 g/mol. The van der Waals surface area contributed by atoms with Crippen molar-refractivity contribution < 1.29 is 5.11 Å². The van der Waals surface area contributed by atoms with Gasteiger partial charge in [-0.1, -0.05) is 54.6 Å². The van der Waals surface area contributed by atoms with Crippen LogP contribution in [0.15, 0.2) is 72.9 Å². The van der Waals surface area contributed by atoms with Crippen LogP contribution in [0.2, 0.25) is 0 Å². The lowest BCUT2D eigenvalue weighted by atomic mass is 9.96. The second-order valence-electron chi connectivity index (χ2n) is 6.45. The van der Waals surface area contributed by atoms with Gasteiger partial charge in [-0.3, -0.25) is 4.98 Å². The first kappa shape index (κ1) is 20.0. The van der Waals surface area contributed by atoms with Gasteiger partial charge in [0.1, 0.15) is 0 Å². The molecular formula is C23H22ClN3O. The molecule has 0 aliphatic rings. The number of nitrogens with two attached hydrogens (primary N) is 1. The molecule has 0 saturated heterocycles. The van der Waals surface area contributed by atoms with E-state index in [1.807, 2.05) is 36.4 Å². The Morgan fingerprint density at radius 3 is 2.32 bits per heavy atom. The number of pyridine rings is 2. The van der Waals surface area contributed by atoms with Gasteiger partial charge in [-0.25, -0.2) is 4.98 Å². The molecule has 4 aromatic rings. The number of aliphatic hydroxyl groups excluding tert-OH is 1. The Morgan fingerprint density at radius 1 is 0.893 bits per heavy atom. The maximum Gasteiger partial charge on any atom is 0.0788 e. The van der Waals surface area contributed by atoms with E-state index in [4.69, 9.17) is 10.7 Å². The third kappa shape index (κ3) is 3.90. The first-order chi connectivity index (χ1) is 13.3. The molecule has 0 radical (unpaired) electrons. The molecule has 0 saturated carbocycles. The molecule has 0 spiro atoms. The fourth-order valence-electron chi connectivity index (χ4n) is 3.31. The van der Waals surface area contributed by atoms with Gasteiger partial charge >= 0.3 is 0 Å². The lowest BCUT2D eigenvalue weighted by Crippen LogP contribution is -1.99. The standard InChI is InChI=1S/C23H21N3O.ClH/c24-15-16-6-8-18(9-7-16)23-19(17-4-2-1-3-5-17)14-20-21(11-13-27)25-12-10-22(20)26-23;/h1-10,12,14,27H,11,13,15,24H2;1H. The van der Waals surface area contributed by atoms with Crippen LogP contribution in [0.25, 0.3) is 33.3 Å². The van der Waals surface area contributed by atoms with Gasteiger partial charge in [0.25, 0.3) is 0 Å². The summed E-state index contributed by atoms with van der Waals surface area (Å²) in [4.78, 5) is 9.41. The summed E-state index contributed by atoms with van der Waals surface area (Å²) in [6.45, 7) is 0.586. The van der Waals surface area contributed by atoms with Crippen LogP contribution in [0.5, 0.6) is 0 Å². The fraction of sp³-hybridized carbons (Fsp3) is 0.130. The van der Waals surface area contributed by atoms with E-state index < -0.39 is 0 Å². The van der Waals surface area contributed by atoms with Gasteiger partial charge in [0.05, 0.1) is 16.9 Å². The van der Waals surface area contributed by atoms with Crippen molar-refractivity contribution in [1.82, 2.24) is 9.97 Å². The molecule has 0 fully saturated rings. The average molecular weight is 392 g/mol. The smallest absolute Gasteiger partial charge is 0.0788 e. The molecule has 4 nitrogen and oxygen atoms in total. The first-order valence-electron chi connectivity index (χ1n) is 9.04. The van der Waals surface area contributed by atoms with E-state index in [1.165, 1.54) is 0 Å². The van der Waals surface area contributed by atoms with Crippen LogP contribution >= 0.6 is 12.4 Å². The van der Waals surface area contributed by atoms with E-state index in [-0.39, 0.29) is 19.0 Å². The van der Waals surface area contributed by atoms with Gasteiger partial charge in [0.15, 0.2) is 0 Å². The van der Waals surface area contributed by atoms with Crippen LogP contribution in [-0.2, 0) is 13.0 Å². The maximum absolute atomic E-state index is 9.38. The molecule has 0 bridgehead atoms. The predicted octanol–water partition coefficient (Wildman–Crippen LogP) is 4.38. The molecule has 0 unspecified atom stereocenters. The van der Waals surface area contributed by atoms with Gasteiger partial charge in [0, 0.05) is 42.3 Å². The number of fused-ring (bicyclic) bond motifs is 1. The Hall–Kier alpha value is -2.79. The third-order valence-corrected chi connectivity index (χ3v) is 4.72. The molecule has 3 N–H and O–H groups in total. The highest BCUT2D eigenvalue weighted by Crippen LogP contribution is 2.34. The molecule has 0 aliphatic carbocycles. The molecule has 28 heavy (non-hydrogen) atoms. The summed E-state index contributed by atoms with van der Waals surface area (Å²) in [6, 6.07) is 22.5. The zero-order valence-electron chi connectivity index (χ0n) is 15.4. The van der Waals surface area contributed by atoms with Gasteiger partial charge in [0.2, 0.25) is 0 Å².